The largest absolute Gasteiger partial charge is 0.491 e. The third-order valence-electron chi connectivity index (χ3n) is 2.97. The molecule has 0 saturated heterocycles. The number of carboxylic acid groups (broad SMARTS) is 1. The van der Waals surface area contributed by atoms with Crippen molar-refractivity contribution in [2.24, 2.45) is 0 Å². The van der Waals surface area contributed by atoms with Crippen LogP contribution in [0.3, 0.4) is 0 Å². The molecule has 1 aromatic rings. The van der Waals surface area contributed by atoms with Gasteiger partial charge in [0.2, 0.25) is 0 Å². The molecule has 0 aliphatic heterocycles. The van der Waals surface area contributed by atoms with Crippen molar-refractivity contribution in [3.05, 3.63) is 29.8 Å². The zero-order chi connectivity index (χ0) is 15.3. The minimum atomic E-state index is -0.898. The maximum Gasteiger partial charge on any atom is 0.324 e. The van der Waals surface area contributed by atoms with Crippen LogP contribution in [0, 0.1) is 0 Å². The van der Waals surface area contributed by atoms with Crippen LogP contribution in [-0.2, 0) is 10.2 Å². The van der Waals surface area contributed by atoms with Crippen LogP contribution in [0.5, 0.6) is 5.75 Å². The number of benzene rings is 1. The maximum atomic E-state index is 11.1. The summed E-state index contributed by atoms with van der Waals surface area (Å²) in [5.41, 5.74) is 1.32. The molecule has 1 atom stereocenters. The lowest BCUT2D eigenvalue weighted by Crippen LogP contribution is -2.44. The molecule has 0 heterocycles. The predicted octanol–water partition coefficient (Wildman–Crippen LogP) is 2.81. The van der Waals surface area contributed by atoms with E-state index >= 15 is 0 Å². The second-order valence-electron chi connectivity index (χ2n) is 6.30. The Hall–Kier alpha value is -1.55. The number of nitrogens with one attached hydrogen (secondary N) is 1. The standard InChI is InChI=1S/C16H25NO3/c1-11(2)17-14(15(18)19)10-20-13-8-6-12(7-9-13)16(3,4)5/h6-9,11,14,17H,10H2,1-5H3,(H,18,19). The van der Waals surface area contributed by atoms with Crippen LogP contribution in [0.15, 0.2) is 24.3 Å². The number of ether oxygens (including phenoxy) is 1. The van der Waals surface area contributed by atoms with E-state index in [1.165, 1.54) is 5.56 Å². The Morgan fingerprint density at radius 1 is 1.25 bits per heavy atom. The fraction of sp³-hybridized carbons (Fsp3) is 0.562. The predicted molar refractivity (Wildman–Crippen MR) is 80.3 cm³/mol. The molecule has 112 valence electrons. The minimum absolute atomic E-state index is 0.0985. The van der Waals surface area contributed by atoms with Gasteiger partial charge in [0.15, 0.2) is 0 Å². The third kappa shape index (κ3) is 5.21. The van der Waals surface area contributed by atoms with Crippen LogP contribution < -0.4 is 10.1 Å². The van der Waals surface area contributed by atoms with E-state index in [2.05, 4.69) is 26.1 Å². The summed E-state index contributed by atoms with van der Waals surface area (Å²) in [4.78, 5) is 11.1. The number of hydrogen-bond acceptors (Lipinski definition) is 3. The number of carbonyl (C=O) groups is 1. The van der Waals surface area contributed by atoms with E-state index in [1.807, 2.05) is 38.1 Å². The lowest BCUT2D eigenvalue weighted by Gasteiger charge is -2.20. The van der Waals surface area contributed by atoms with Crippen molar-refractivity contribution in [2.45, 2.75) is 52.1 Å². The summed E-state index contributed by atoms with van der Waals surface area (Å²) in [6.45, 7) is 10.4. The fourth-order valence-corrected chi connectivity index (χ4v) is 1.82. The lowest BCUT2D eigenvalue weighted by molar-refractivity contribution is -0.140. The SMILES string of the molecule is CC(C)NC(COc1ccc(C(C)(C)C)cc1)C(=O)O. The van der Waals surface area contributed by atoms with E-state index in [4.69, 9.17) is 9.84 Å². The van der Waals surface area contributed by atoms with Gasteiger partial charge in [0.1, 0.15) is 18.4 Å². The van der Waals surface area contributed by atoms with Gasteiger partial charge in [0.05, 0.1) is 0 Å². The van der Waals surface area contributed by atoms with Gasteiger partial charge in [-0.05, 0) is 23.1 Å². The number of aliphatic carboxylic acids is 1. The molecule has 0 aliphatic rings. The van der Waals surface area contributed by atoms with Crippen LogP contribution >= 0.6 is 0 Å². The van der Waals surface area contributed by atoms with Gasteiger partial charge in [-0.15, -0.1) is 0 Å². The van der Waals surface area contributed by atoms with Crippen molar-refractivity contribution < 1.29 is 14.6 Å². The summed E-state index contributed by atoms with van der Waals surface area (Å²) in [6.07, 6.45) is 0. The van der Waals surface area contributed by atoms with E-state index < -0.39 is 12.0 Å². The molecule has 2 N–H and O–H groups in total. The molecule has 1 unspecified atom stereocenters. The van der Waals surface area contributed by atoms with E-state index in [0.29, 0.717) is 5.75 Å². The van der Waals surface area contributed by atoms with Crippen LogP contribution in [0.4, 0.5) is 0 Å². The lowest BCUT2D eigenvalue weighted by atomic mass is 9.87. The van der Waals surface area contributed by atoms with Gasteiger partial charge < -0.3 is 9.84 Å². The molecular weight excluding hydrogens is 254 g/mol. The summed E-state index contributed by atoms with van der Waals surface area (Å²) in [7, 11) is 0. The van der Waals surface area contributed by atoms with Gasteiger partial charge >= 0.3 is 5.97 Å². The molecule has 0 aromatic heterocycles. The van der Waals surface area contributed by atoms with E-state index in [1.54, 1.807) is 0 Å². The number of carboxylic acids is 1. The van der Waals surface area contributed by atoms with Crippen LogP contribution in [-0.4, -0.2) is 29.8 Å². The Bertz CT molecular complexity index is 432. The molecule has 4 heteroatoms. The Morgan fingerprint density at radius 2 is 1.80 bits per heavy atom. The normalized spacial score (nSPS) is 13.3. The average Bonchev–Trinajstić information content (AvgIpc) is 2.33. The number of hydrogen-bond donors (Lipinski definition) is 2. The molecule has 4 nitrogen and oxygen atoms in total. The third-order valence-corrected chi connectivity index (χ3v) is 2.97. The first-order chi connectivity index (χ1) is 9.20. The minimum Gasteiger partial charge on any atom is -0.491 e. The van der Waals surface area contributed by atoms with Crippen molar-refractivity contribution in [2.75, 3.05) is 6.61 Å². The first kappa shape index (κ1) is 16.5. The van der Waals surface area contributed by atoms with Crippen LogP contribution in [0.1, 0.15) is 40.2 Å². The monoisotopic (exact) mass is 279 g/mol. The Kier molecular flexibility index (Phi) is 5.57. The molecule has 0 spiro atoms. The highest BCUT2D eigenvalue weighted by molar-refractivity contribution is 5.73. The summed E-state index contributed by atoms with van der Waals surface area (Å²) < 4.78 is 5.55. The van der Waals surface area contributed by atoms with Gasteiger partial charge in [-0.2, -0.15) is 0 Å². The molecular formula is C16H25NO3. The summed E-state index contributed by atoms with van der Waals surface area (Å²) >= 11 is 0. The van der Waals surface area contributed by atoms with E-state index in [-0.39, 0.29) is 18.1 Å². The van der Waals surface area contributed by atoms with Crippen molar-refractivity contribution in [1.29, 1.82) is 0 Å². The van der Waals surface area contributed by atoms with Crippen LogP contribution in [0.25, 0.3) is 0 Å². The van der Waals surface area contributed by atoms with E-state index in [9.17, 15) is 4.79 Å². The highest BCUT2D eigenvalue weighted by Crippen LogP contribution is 2.24. The molecule has 0 radical (unpaired) electrons. The Balaban J connectivity index is 2.62. The maximum absolute atomic E-state index is 11.1. The van der Waals surface area contributed by atoms with Crippen molar-refractivity contribution in [3.8, 4) is 5.75 Å². The van der Waals surface area contributed by atoms with Gasteiger partial charge in [-0.25, -0.2) is 0 Å². The quantitative estimate of drug-likeness (QED) is 0.840. The number of rotatable bonds is 6. The molecule has 1 rings (SSSR count). The second-order valence-corrected chi connectivity index (χ2v) is 6.30. The van der Waals surface area contributed by atoms with Crippen molar-refractivity contribution in [1.82, 2.24) is 5.32 Å². The van der Waals surface area contributed by atoms with E-state index in [0.717, 1.165) is 0 Å². The zero-order valence-corrected chi connectivity index (χ0v) is 12.9. The first-order valence-corrected chi connectivity index (χ1v) is 6.92. The highest BCUT2D eigenvalue weighted by Gasteiger charge is 2.19. The zero-order valence-electron chi connectivity index (χ0n) is 12.9. The molecule has 0 bridgehead atoms. The molecule has 0 saturated carbocycles. The fourth-order valence-electron chi connectivity index (χ4n) is 1.82. The molecule has 1 aromatic carbocycles. The summed E-state index contributed by atoms with van der Waals surface area (Å²) in [5.74, 6) is -0.209. The molecule has 0 fully saturated rings. The van der Waals surface area contributed by atoms with Gasteiger partial charge in [0.25, 0.3) is 0 Å². The Morgan fingerprint density at radius 3 is 2.20 bits per heavy atom. The smallest absolute Gasteiger partial charge is 0.324 e. The molecule has 0 amide bonds. The van der Waals surface area contributed by atoms with Crippen molar-refractivity contribution in [3.63, 3.8) is 0 Å². The Labute approximate surface area is 121 Å². The topological polar surface area (TPSA) is 58.6 Å². The van der Waals surface area contributed by atoms with Gasteiger partial charge in [0, 0.05) is 6.04 Å². The highest BCUT2D eigenvalue weighted by atomic mass is 16.5. The van der Waals surface area contributed by atoms with Gasteiger partial charge in [-0.1, -0.05) is 46.8 Å². The van der Waals surface area contributed by atoms with Crippen molar-refractivity contribution >= 4 is 5.97 Å². The first-order valence-electron chi connectivity index (χ1n) is 6.92. The summed E-state index contributed by atoms with van der Waals surface area (Å²) in [6, 6.07) is 7.20. The molecule has 20 heavy (non-hydrogen) atoms. The average molecular weight is 279 g/mol. The second kappa shape index (κ2) is 6.75. The van der Waals surface area contributed by atoms with Crippen LogP contribution in [0.2, 0.25) is 0 Å². The summed E-state index contributed by atoms with van der Waals surface area (Å²) in [5, 5.41) is 12.1. The molecule has 0 aliphatic carbocycles. The van der Waals surface area contributed by atoms with Gasteiger partial charge in [-0.3, -0.25) is 10.1 Å².